The zero-order valence-electron chi connectivity index (χ0n) is 13.3. The lowest BCUT2D eigenvalue weighted by Crippen LogP contribution is -2.37. The van der Waals surface area contributed by atoms with Crippen LogP contribution in [0, 0.1) is 10.5 Å². The first-order valence-corrected chi connectivity index (χ1v) is 7.49. The van der Waals surface area contributed by atoms with Crippen LogP contribution in [0.15, 0.2) is 34.0 Å². The second-order valence-electron chi connectivity index (χ2n) is 5.50. The third-order valence-corrected chi connectivity index (χ3v) is 4.14. The van der Waals surface area contributed by atoms with Gasteiger partial charge in [0.15, 0.2) is 0 Å². The van der Waals surface area contributed by atoms with Gasteiger partial charge in [-0.25, -0.2) is 18.7 Å². The predicted octanol–water partition coefficient (Wildman–Crippen LogP) is 2.31. The van der Waals surface area contributed by atoms with Crippen LogP contribution in [0.4, 0.5) is 17.6 Å². The van der Waals surface area contributed by atoms with Crippen molar-refractivity contribution in [3.05, 3.63) is 61.5 Å². The fourth-order valence-electron chi connectivity index (χ4n) is 2.56. The van der Waals surface area contributed by atoms with Crippen LogP contribution in [0.3, 0.4) is 0 Å². The van der Waals surface area contributed by atoms with Gasteiger partial charge in [-0.3, -0.25) is 4.79 Å². The molecule has 1 aromatic carbocycles. The maximum absolute atomic E-state index is 14.5. The van der Waals surface area contributed by atoms with E-state index in [9.17, 15) is 27.2 Å². The number of nitrogens with zero attached hydrogens (tertiary/aromatic N) is 4. The topological polar surface area (TPSA) is 61.8 Å². The number of aryl methyl sites for hydroxylation is 2. The van der Waals surface area contributed by atoms with Gasteiger partial charge in [-0.2, -0.15) is 13.2 Å². The third-order valence-electron chi connectivity index (χ3n) is 3.83. The van der Waals surface area contributed by atoms with Crippen LogP contribution in [0.25, 0.3) is 16.6 Å². The average Bonchev–Trinajstić information content (AvgIpc) is 2.54. The van der Waals surface area contributed by atoms with Gasteiger partial charge in [0.25, 0.3) is 5.56 Å². The smallest absolute Gasteiger partial charge is 0.325 e. The molecule has 11 heteroatoms. The summed E-state index contributed by atoms with van der Waals surface area (Å²) in [5.74, 6) is -2.27. The SMILES string of the molecule is Cn1ccc(=O)n(-c2cc3c(cc2F)c(=S)nc(C(F)(F)F)n3C)c1=O. The normalized spacial score (nSPS) is 11.9. The van der Waals surface area contributed by atoms with E-state index >= 15 is 0 Å². The van der Waals surface area contributed by atoms with Crippen molar-refractivity contribution in [3.63, 3.8) is 0 Å². The molecule has 0 unspecified atom stereocenters. The van der Waals surface area contributed by atoms with Crippen molar-refractivity contribution >= 4 is 23.1 Å². The first-order valence-electron chi connectivity index (χ1n) is 7.09. The van der Waals surface area contributed by atoms with Crippen molar-refractivity contribution in [1.29, 1.82) is 0 Å². The van der Waals surface area contributed by atoms with Gasteiger partial charge in [-0.1, -0.05) is 12.2 Å². The van der Waals surface area contributed by atoms with Gasteiger partial charge in [0, 0.05) is 31.7 Å². The van der Waals surface area contributed by atoms with Crippen LogP contribution >= 0.6 is 12.2 Å². The van der Waals surface area contributed by atoms with E-state index in [1.165, 1.54) is 13.2 Å². The fourth-order valence-corrected chi connectivity index (χ4v) is 2.81. The summed E-state index contributed by atoms with van der Waals surface area (Å²) in [6, 6.07) is 2.87. The highest BCUT2D eigenvalue weighted by molar-refractivity contribution is 7.71. The zero-order valence-corrected chi connectivity index (χ0v) is 14.2. The fraction of sp³-hybridized carbons (Fsp3) is 0.200. The molecule has 2 heterocycles. The van der Waals surface area contributed by atoms with Crippen molar-refractivity contribution in [2.45, 2.75) is 6.18 Å². The molecule has 3 aromatic rings. The van der Waals surface area contributed by atoms with Gasteiger partial charge < -0.3 is 9.13 Å². The number of alkyl halides is 3. The van der Waals surface area contributed by atoms with Gasteiger partial charge >= 0.3 is 11.9 Å². The second-order valence-corrected chi connectivity index (χ2v) is 5.89. The summed E-state index contributed by atoms with van der Waals surface area (Å²) in [7, 11) is 2.44. The molecule has 136 valence electrons. The van der Waals surface area contributed by atoms with Crippen molar-refractivity contribution in [2.24, 2.45) is 14.1 Å². The van der Waals surface area contributed by atoms with Gasteiger partial charge in [0.05, 0.1) is 11.2 Å². The molecule has 0 saturated heterocycles. The first kappa shape index (κ1) is 18.0. The van der Waals surface area contributed by atoms with Crippen molar-refractivity contribution in [1.82, 2.24) is 18.7 Å². The minimum atomic E-state index is -4.79. The summed E-state index contributed by atoms with van der Waals surface area (Å²) < 4.78 is 55.7. The molecule has 0 aliphatic heterocycles. The summed E-state index contributed by atoms with van der Waals surface area (Å²) in [6.45, 7) is 0. The summed E-state index contributed by atoms with van der Waals surface area (Å²) in [6.07, 6.45) is -3.59. The van der Waals surface area contributed by atoms with Gasteiger partial charge in [-0.15, -0.1) is 0 Å². The standard InChI is InChI=1S/C15H10F4N4O2S/c1-21-4-3-11(24)23(14(21)25)10-6-9-7(5-8(10)16)12(26)20-13(22(9)2)15(17,18)19/h3-6H,1-2H3. The number of halogens is 4. The monoisotopic (exact) mass is 386 g/mol. The van der Waals surface area contributed by atoms with E-state index in [1.807, 2.05) is 0 Å². The molecule has 0 radical (unpaired) electrons. The van der Waals surface area contributed by atoms with E-state index in [1.54, 1.807) is 0 Å². The van der Waals surface area contributed by atoms with E-state index in [-0.39, 0.29) is 10.9 Å². The summed E-state index contributed by atoms with van der Waals surface area (Å²) >= 11 is 4.84. The van der Waals surface area contributed by atoms with Crippen LogP contribution in [0.1, 0.15) is 5.82 Å². The minimum Gasteiger partial charge on any atom is -0.325 e. The molecule has 0 aliphatic rings. The first-order chi connectivity index (χ1) is 12.0. The molecule has 0 atom stereocenters. The third kappa shape index (κ3) is 2.73. The molecule has 6 nitrogen and oxygen atoms in total. The minimum absolute atomic E-state index is 0.0439. The van der Waals surface area contributed by atoms with E-state index in [0.29, 0.717) is 9.13 Å². The molecule has 0 N–H and O–H groups in total. The number of rotatable bonds is 1. The molecule has 26 heavy (non-hydrogen) atoms. The Morgan fingerprint density at radius 2 is 1.81 bits per heavy atom. The van der Waals surface area contributed by atoms with Crippen molar-refractivity contribution in [3.8, 4) is 5.69 Å². The van der Waals surface area contributed by atoms with Crippen LogP contribution in [-0.2, 0) is 20.3 Å². The lowest BCUT2D eigenvalue weighted by Gasteiger charge is -2.16. The van der Waals surface area contributed by atoms with E-state index < -0.39 is 39.4 Å². The molecule has 0 fully saturated rings. The summed E-state index contributed by atoms with van der Waals surface area (Å²) in [5.41, 5.74) is -2.26. The van der Waals surface area contributed by atoms with Crippen molar-refractivity contribution < 1.29 is 17.6 Å². The number of fused-ring (bicyclic) bond motifs is 1. The average molecular weight is 386 g/mol. The Labute approximate surface area is 147 Å². The highest BCUT2D eigenvalue weighted by atomic mass is 32.1. The van der Waals surface area contributed by atoms with Crippen LogP contribution in [-0.4, -0.2) is 18.7 Å². The predicted molar refractivity (Wildman–Crippen MR) is 87.3 cm³/mol. The van der Waals surface area contributed by atoms with Gasteiger partial charge in [0.2, 0.25) is 5.82 Å². The molecule has 2 aromatic heterocycles. The molecule has 0 amide bonds. The Kier molecular flexibility index (Phi) is 4.06. The maximum atomic E-state index is 14.5. The van der Waals surface area contributed by atoms with Gasteiger partial charge in [0.1, 0.15) is 10.5 Å². The number of hydrogen-bond acceptors (Lipinski definition) is 4. The highest BCUT2D eigenvalue weighted by Crippen LogP contribution is 2.30. The van der Waals surface area contributed by atoms with Crippen molar-refractivity contribution in [2.75, 3.05) is 0 Å². The zero-order chi connectivity index (χ0) is 19.4. The Hall–Kier alpha value is -2.82. The molecule has 3 rings (SSSR count). The van der Waals surface area contributed by atoms with E-state index in [4.69, 9.17) is 12.2 Å². The quantitative estimate of drug-likeness (QED) is 0.476. The number of aromatic nitrogens is 4. The largest absolute Gasteiger partial charge is 0.449 e. The lowest BCUT2D eigenvalue weighted by atomic mass is 10.2. The Morgan fingerprint density at radius 1 is 1.15 bits per heavy atom. The number of benzene rings is 1. The van der Waals surface area contributed by atoms with Crippen LogP contribution in [0.5, 0.6) is 0 Å². The second kappa shape index (κ2) is 5.87. The lowest BCUT2D eigenvalue weighted by molar-refractivity contribution is -0.147. The Bertz CT molecular complexity index is 1220. The molecular weight excluding hydrogens is 376 g/mol. The molecule has 0 spiro atoms. The summed E-state index contributed by atoms with van der Waals surface area (Å²) in [4.78, 5) is 27.5. The molecule has 0 bridgehead atoms. The maximum Gasteiger partial charge on any atom is 0.449 e. The van der Waals surface area contributed by atoms with Gasteiger partial charge in [-0.05, 0) is 12.1 Å². The summed E-state index contributed by atoms with van der Waals surface area (Å²) in [5, 5.41) is -0.0439. The van der Waals surface area contributed by atoms with E-state index in [0.717, 1.165) is 29.8 Å². The Balaban J connectivity index is 2.49. The molecular formula is C15H10F4N4O2S. The van der Waals surface area contributed by atoms with E-state index in [2.05, 4.69) is 4.98 Å². The Morgan fingerprint density at radius 3 is 2.42 bits per heavy atom. The molecule has 0 aliphatic carbocycles. The van der Waals surface area contributed by atoms with Crippen LogP contribution < -0.4 is 11.2 Å². The molecule has 0 saturated carbocycles. The number of hydrogen-bond donors (Lipinski definition) is 0. The van der Waals surface area contributed by atoms with Crippen LogP contribution in [0.2, 0.25) is 0 Å². The highest BCUT2D eigenvalue weighted by Gasteiger charge is 2.36.